The van der Waals surface area contributed by atoms with Crippen LogP contribution in [0.25, 0.3) is 0 Å². The van der Waals surface area contributed by atoms with E-state index in [0.29, 0.717) is 38.8 Å². The van der Waals surface area contributed by atoms with Crippen molar-refractivity contribution in [2.45, 2.75) is 13.1 Å². The Labute approximate surface area is 203 Å². The van der Waals surface area contributed by atoms with Crippen molar-refractivity contribution in [1.29, 1.82) is 0 Å². The van der Waals surface area contributed by atoms with Gasteiger partial charge in [0.05, 0.1) is 13.1 Å². The van der Waals surface area contributed by atoms with Gasteiger partial charge in [0, 0.05) is 34.1 Å². The van der Waals surface area contributed by atoms with E-state index in [0.717, 1.165) is 5.56 Å². The molecule has 0 aliphatic rings. The van der Waals surface area contributed by atoms with Gasteiger partial charge in [-0.2, -0.15) is 10.2 Å². The highest BCUT2D eigenvalue weighted by atomic mass is 35.5. The molecule has 4 aromatic rings. The molecule has 2 heterocycles. The van der Waals surface area contributed by atoms with E-state index >= 15 is 0 Å². The van der Waals surface area contributed by atoms with Crippen LogP contribution in [0.4, 0.5) is 16.0 Å². The molecule has 6 nitrogen and oxygen atoms in total. The Bertz CT molecular complexity index is 1230. The van der Waals surface area contributed by atoms with E-state index in [1.807, 2.05) is 24.3 Å². The molecule has 0 bridgehead atoms. The molecule has 0 radical (unpaired) electrons. The molecule has 0 aliphatic carbocycles. The van der Waals surface area contributed by atoms with Crippen LogP contribution in [0, 0.1) is 5.82 Å². The highest BCUT2D eigenvalue weighted by molar-refractivity contribution is 7.80. The van der Waals surface area contributed by atoms with E-state index in [-0.39, 0.29) is 17.5 Å². The fourth-order valence-corrected chi connectivity index (χ4v) is 3.70. The lowest BCUT2D eigenvalue weighted by Gasteiger charge is -2.08. The Morgan fingerprint density at radius 2 is 1.69 bits per heavy atom. The smallest absolute Gasteiger partial charge is 0.177 e. The second kappa shape index (κ2) is 9.87. The molecule has 0 spiro atoms. The molecule has 0 saturated heterocycles. The van der Waals surface area contributed by atoms with E-state index in [4.69, 9.17) is 47.0 Å². The van der Waals surface area contributed by atoms with Gasteiger partial charge in [0.1, 0.15) is 10.8 Å². The number of anilines is 2. The van der Waals surface area contributed by atoms with E-state index in [1.54, 1.807) is 40.0 Å². The molecule has 4 rings (SSSR count). The minimum absolute atomic E-state index is 0.189. The van der Waals surface area contributed by atoms with E-state index in [2.05, 4.69) is 20.8 Å². The predicted octanol–water partition coefficient (Wildman–Crippen LogP) is 6.08. The van der Waals surface area contributed by atoms with Gasteiger partial charge < -0.3 is 10.6 Å². The Morgan fingerprint density at radius 1 is 0.906 bits per heavy atom. The molecule has 0 saturated carbocycles. The van der Waals surface area contributed by atoms with Crippen LogP contribution in [0.2, 0.25) is 15.1 Å². The average molecular weight is 510 g/mol. The highest BCUT2D eigenvalue weighted by Gasteiger charge is 2.12. The predicted molar refractivity (Wildman–Crippen MR) is 130 cm³/mol. The first-order valence-electron chi connectivity index (χ1n) is 9.39. The summed E-state index contributed by atoms with van der Waals surface area (Å²) in [6, 6.07) is 13.7. The summed E-state index contributed by atoms with van der Waals surface area (Å²) in [7, 11) is 0. The van der Waals surface area contributed by atoms with Crippen LogP contribution in [-0.2, 0) is 13.1 Å². The minimum Gasteiger partial charge on any atom is -0.316 e. The summed E-state index contributed by atoms with van der Waals surface area (Å²) < 4.78 is 17.2. The van der Waals surface area contributed by atoms with Crippen LogP contribution in [0.3, 0.4) is 0 Å². The van der Waals surface area contributed by atoms with E-state index in [1.165, 1.54) is 6.07 Å². The van der Waals surface area contributed by atoms with Gasteiger partial charge in [-0.3, -0.25) is 9.36 Å². The standard InChI is InChI=1S/C21H16Cl3FN6S/c22-14-6-4-13(5-7-14)10-31-12-17(24)20(29-31)27-21(32)26-19-8-9-30(28-19)11-15-16(23)2-1-3-18(15)25/h1-9,12H,10-11H2,(H2,26,27,28,29,32). The summed E-state index contributed by atoms with van der Waals surface area (Å²) in [4.78, 5) is 0. The zero-order valence-electron chi connectivity index (χ0n) is 16.4. The van der Waals surface area contributed by atoms with Gasteiger partial charge in [-0.15, -0.1) is 0 Å². The van der Waals surface area contributed by atoms with Crippen molar-refractivity contribution in [2.24, 2.45) is 0 Å². The number of aromatic nitrogens is 4. The zero-order valence-corrected chi connectivity index (χ0v) is 19.5. The highest BCUT2D eigenvalue weighted by Crippen LogP contribution is 2.22. The minimum atomic E-state index is -0.386. The molecule has 2 aromatic carbocycles. The zero-order chi connectivity index (χ0) is 22.7. The Kier molecular flexibility index (Phi) is 6.95. The molecule has 11 heteroatoms. The maximum atomic E-state index is 14.0. The van der Waals surface area contributed by atoms with Gasteiger partial charge >= 0.3 is 0 Å². The third-order valence-corrected chi connectivity index (χ3v) is 5.56. The Balaban J connectivity index is 1.37. The molecule has 2 N–H and O–H groups in total. The number of benzene rings is 2. The van der Waals surface area contributed by atoms with Crippen LogP contribution in [0.5, 0.6) is 0 Å². The number of rotatable bonds is 6. The van der Waals surface area contributed by atoms with Crippen molar-refractivity contribution in [1.82, 2.24) is 19.6 Å². The van der Waals surface area contributed by atoms with Crippen LogP contribution < -0.4 is 10.6 Å². The van der Waals surface area contributed by atoms with Crippen LogP contribution >= 0.6 is 47.0 Å². The molecular formula is C21H16Cl3FN6S. The molecule has 0 atom stereocenters. The summed E-state index contributed by atoms with van der Waals surface area (Å²) in [5.74, 6) is 0.505. The van der Waals surface area contributed by atoms with Gasteiger partial charge in [-0.1, -0.05) is 53.0 Å². The summed E-state index contributed by atoms with van der Waals surface area (Å²) in [6.45, 7) is 0.718. The summed E-state index contributed by atoms with van der Waals surface area (Å²) in [6.07, 6.45) is 3.40. The van der Waals surface area contributed by atoms with Gasteiger partial charge in [0.2, 0.25) is 0 Å². The maximum Gasteiger partial charge on any atom is 0.177 e. The monoisotopic (exact) mass is 508 g/mol. The van der Waals surface area contributed by atoms with Crippen molar-refractivity contribution >= 4 is 63.8 Å². The van der Waals surface area contributed by atoms with Crippen LogP contribution in [-0.4, -0.2) is 24.7 Å². The first-order valence-corrected chi connectivity index (χ1v) is 10.9. The number of hydrogen-bond donors (Lipinski definition) is 2. The lowest BCUT2D eigenvalue weighted by Crippen LogP contribution is -2.20. The fraction of sp³-hybridized carbons (Fsp3) is 0.0952. The Hall–Kier alpha value is -2.65. The van der Waals surface area contributed by atoms with Gasteiger partial charge in [0.25, 0.3) is 0 Å². The molecule has 0 amide bonds. The number of nitrogens with zero attached hydrogens (tertiary/aromatic N) is 4. The van der Waals surface area contributed by atoms with Gasteiger partial charge in [0.15, 0.2) is 16.7 Å². The van der Waals surface area contributed by atoms with Crippen molar-refractivity contribution in [3.63, 3.8) is 0 Å². The molecule has 32 heavy (non-hydrogen) atoms. The third-order valence-electron chi connectivity index (χ3n) is 4.47. The molecule has 164 valence electrons. The topological polar surface area (TPSA) is 59.7 Å². The Morgan fingerprint density at radius 3 is 2.44 bits per heavy atom. The first-order chi connectivity index (χ1) is 15.4. The summed E-state index contributed by atoms with van der Waals surface area (Å²) >= 11 is 23.6. The third kappa shape index (κ3) is 5.58. The van der Waals surface area contributed by atoms with Crippen LogP contribution in [0.15, 0.2) is 60.9 Å². The average Bonchev–Trinajstić information content (AvgIpc) is 3.32. The number of nitrogens with one attached hydrogen (secondary N) is 2. The van der Waals surface area contributed by atoms with E-state index < -0.39 is 0 Å². The maximum absolute atomic E-state index is 14.0. The van der Waals surface area contributed by atoms with Crippen molar-refractivity contribution in [3.05, 3.63) is 92.9 Å². The van der Waals surface area contributed by atoms with Gasteiger partial charge in [-0.25, -0.2) is 4.39 Å². The lowest BCUT2D eigenvalue weighted by atomic mass is 10.2. The lowest BCUT2D eigenvalue weighted by molar-refractivity contribution is 0.586. The van der Waals surface area contributed by atoms with E-state index in [9.17, 15) is 4.39 Å². The van der Waals surface area contributed by atoms with Gasteiger partial charge in [-0.05, 0) is 42.0 Å². The largest absolute Gasteiger partial charge is 0.316 e. The summed E-state index contributed by atoms with van der Waals surface area (Å²) in [5.41, 5.74) is 1.39. The first kappa shape index (κ1) is 22.5. The van der Waals surface area contributed by atoms with Crippen molar-refractivity contribution in [2.75, 3.05) is 10.6 Å². The van der Waals surface area contributed by atoms with Crippen LogP contribution in [0.1, 0.15) is 11.1 Å². The van der Waals surface area contributed by atoms with Crippen molar-refractivity contribution in [3.8, 4) is 0 Å². The molecule has 0 fully saturated rings. The summed E-state index contributed by atoms with van der Waals surface area (Å²) in [5, 5.41) is 16.4. The number of halogens is 4. The SMILES string of the molecule is Fc1cccc(Cl)c1Cn1ccc(NC(=S)Nc2nn(Cc3ccc(Cl)cc3)cc2Cl)n1. The molecule has 2 aromatic heterocycles. The number of thiocarbonyl (C=S) groups is 1. The second-order valence-corrected chi connectivity index (χ2v) is 8.49. The fourth-order valence-electron chi connectivity index (χ4n) is 2.96. The quantitative estimate of drug-likeness (QED) is 0.308. The molecule has 0 unspecified atom stereocenters. The normalized spacial score (nSPS) is 10.9. The molecular weight excluding hydrogens is 494 g/mol. The van der Waals surface area contributed by atoms with Crippen molar-refractivity contribution < 1.29 is 4.39 Å². The second-order valence-electron chi connectivity index (χ2n) is 6.83. The number of hydrogen-bond acceptors (Lipinski definition) is 3. The molecule has 0 aliphatic heterocycles.